The molecule has 5 heteroatoms. The molecule has 1 unspecified atom stereocenters. The van der Waals surface area contributed by atoms with Crippen molar-refractivity contribution < 1.29 is 18.3 Å². The first-order valence-electron chi connectivity index (χ1n) is 7.85. The maximum Gasteiger partial charge on any atom is 0.366 e. The summed E-state index contributed by atoms with van der Waals surface area (Å²) in [5, 5.41) is -0.0196. The van der Waals surface area contributed by atoms with E-state index in [0.717, 1.165) is 5.56 Å². The SMILES string of the molecule is CCOC(=O)/C(F)=C/C(O[Si](C)(C)C(C)(C)C)c1ccccc1. The van der Waals surface area contributed by atoms with E-state index in [4.69, 9.17) is 9.16 Å². The minimum Gasteiger partial charge on any atom is -0.461 e. The van der Waals surface area contributed by atoms with E-state index in [1.165, 1.54) is 6.08 Å². The highest BCUT2D eigenvalue weighted by Gasteiger charge is 2.39. The van der Waals surface area contributed by atoms with Gasteiger partial charge in [-0.15, -0.1) is 0 Å². The van der Waals surface area contributed by atoms with Crippen molar-refractivity contribution in [2.45, 2.75) is 51.9 Å². The third kappa shape index (κ3) is 5.59. The summed E-state index contributed by atoms with van der Waals surface area (Å²) in [5.41, 5.74) is 0.816. The molecule has 0 saturated carbocycles. The molecule has 1 rings (SSSR count). The van der Waals surface area contributed by atoms with Crippen LogP contribution in [0.15, 0.2) is 42.2 Å². The largest absolute Gasteiger partial charge is 0.461 e. The van der Waals surface area contributed by atoms with E-state index in [1.54, 1.807) is 6.92 Å². The van der Waals surface area contributed by atoms with Gasteiger partial charge >= 0.3 is 5.97 Å². The van der Waals surface area contributed by atoms with Crippen LogP contribution in [0, 0.1) is 0 Å². The lowest BCUT2D eigenvalue weighted by Gasteiger charge is -2.38. The summed E-state index contributed by atoms with van der Waals surface area (Å²) < 4.78 is 25.1. The van der Waals surface area contributed by atoms with E-state index in [9.17, 15) is 9.18 Å². The van der Waals surface area contributed by atoms with Gasteiger partial charge in [-0.25, -0.2) is 4.79 Å². The highest BCUT2D eigenvalue weighted by molar-refractivity contribution is 6.74. The molecule has 128 valence electrons. The summed E-state index contributed by atoms with van der Waals surface area (Å²) in [4.78, 5) is 11.6. The average molecular weight is 338 g/mol. The van der Waals surface area contributed by atoms with Gasteiger partial charge in [0.25, 0.3) is 0 Å². The number of ether oxygens (including phenoxy) is 1. The summed E-state index contributed by atoms with van der Waals surface area (Å²) in [7, 11) is -2.13. The van der Waals surface area contributed by atoms with Crippen molar-refractivity contribution in [3.8, 4) is 0 Å². The van der Waals surface area contributed by atoms with Crippen LogP contribution in [0.4, 0.5) is 4.39 Å². The zero-order chi connectivity index (χ0) is 17.7. The number of rotatable bonds is 6. The van der Waals surface area contributed by atoms with E-state index < -0.39 is 26.2 Å². The second-order valence-electron chi connectivity index (χ2n) is 6.94. The molecule has 0 aliphatic carbocycles. The van der Waals surface area contributed by atoms with Gasteiger partial charge in [0.1, 0.15) is 0 Å². The van der Waals surface area contributed by atoms with E-state index in [0.29, 0.717) is 0 Å². The molecule has 0 aliphatic rings. The van der Waals surface area contributed by atoms with Gasteiger partial charge in [0.05, 0.1) is 12.7 Å². The molecule has 0 N–H and O–H groups in total. The van der Waals surface area contributed by atoms with E-state index >= 15 is 0 Å². The minimum absolute atomic E-state index is 0.0196. The maximum absolute atomic E-state index is 14.1. The van der Waals surface area contributed by atoms with Crippen LogP contribution in [0.2, 0.25) is 18.1 Å². The van der Waals surface area contributed by atoms with E-state index in [-0.39, 0.29) is 11.6 Å². The van der Waals surface area contributed by atoms with Crippen molar-refractivity contribution in [2.24, 2.45) is 0 Å². The molecule has 0 aromatic heterocycles. The minimum atomic E-state index is -2.13. The third-order valence-corrected chi connectivity index (χ3v) is 8.58. The molecule has 0 bridgehead atoms. The van der Waals surface area contributed by atoms with Crippen LogP contribution in [-0.4, -0.2) is 20.9 Å². The molecule has 23 heavy (non-hydrogen) atoms. The number of halogens is 1. The monoisotopic (exact) mass is 338 g/mol. The number of benzene rings is 1. The smallest absolute Gasteiger partial charge is 0.366 e. The molecule has 0 heterocycles. The Hall–Kier alpha value is -1.46. The zero-order valence-corrected chi connectivity index (χ0v) is 15.9. The molecular formula is C18H27FO3Si. The molecule has 0 spiro atoms. The predicted octanol–water partition coefficient (Wildman–Crippen LogP) is 5.17. The second kappa shape index (κ2) is 7.88. The second-order valence-corrected chi connectivity index (χ2v) is 11.7. The van der Waals surface area contributed by atoms with Crippen molar-refractivity contribution in [1.29, 1.82) is 0 Å². The standard InChI is InChI=1S/C18H27FO3Si/c1-7-21-17(20)15(19)13-16(14-11-9-8-10-12-14)22-23(5,6)18(2,3)4/h8-13,16H,7H2,1-6H3/b15-13-. The van der Waals surface area contributed by atoms with Crippen molar-refractivity contribution in [3.05, 3.63) is 47.8 Å². The Bertz CT molecular complexity index is 547. The highest BCUT2D eigenvalue weighted by Crippen LogP contribution is 2.40. The van der Waals surface area contributed by atoms with E-state index in [2.05, 4.69) is 33.9 Å². The molecule has 3 nitrogen and oxygen atoms in total. The Balaban J connectivity index is 3.14. The quantitative estimate of drug-likeness (QED) is 0.408. The molecule has 1 atom stereocenters. The highest BCUT2D eigenvalue weighted by atomic mass is 28.4. The van der Waals surface area contributed by atoms with Gasteiger partial charge in [0, 0.05) is 0 Å². The van der Waals surface area contributed by atoms with E-state index in [1.807, 2.05) is 30.3 Å². The first kappa shape index (κ1) is 19.6. The fourth-order valence-corrected chi connectivity index (χ4v) is 2.93. The van der Waals surface area contributed by atoms with Crippen LogP contribution >= 0.6 is 0 Å². The van der Waals surface area contributed by atoms with Crippen LogP contribution < -0.4 is 0 Å². The Morgan fingerprint density at radius 2 is 1.83 bits per heavy atom. The van der Waals surface area contributed by atoms with Crippen LogP contribution in [0.1, 0.15) is 39.4 Å². The Morgan fingerprint density at radius 1 is 1.26 bits per heavy atom. The number of carbonyl (C=O) groups is 1. The molecule has 0 aliphatic heterocycles. The first-order valence-corrected chi connectivity index (χ1v) is 10.8. The van der Waals surface area contributed by atoms with Gasteiger partial charge in [-0.1, -0.05) is 51.1 Å². The molecule has 0 fully saturated rings. The molecule has 0 saturated heterocycles. The Morgan fingerprint density at radius 3 is 2.30 bits per heavy atom. The Kier molecular flexibility index (Phi) is 6.71. The van der Waals surface area contributed by atoms with Crippen molar-refractivity contribution in [3.63, 3.8) is 0 Å². The summed E-state index contributed by atoms with van der Waals surface area (Å²) in [5.74, 6) is -1.87. The van der Waals surface area contributed by atoms with Crippen LogP contribution in [-0.2, 0) is 14.0 Å². The summed E-state index contributed by atoms with van der Waals surface area (Å²) in [6.07, 6.45) is 0.606. The molecule has 0 amide bonds. The van der Waals surface area contributed by atoms with Crippen LogP contribution in [0.3, 0.4) is 0 Å². The lowest BCUT2D eigenvalue weighted by Crippen LogP contribution is -2.41. The maximum atomic E-state index is 14.1. The Labute approximate surface area is 139 Å². The average Bonchev–Trinajstić information content (AvgIpc) is 2.46. The van der Waals surface area contributed by atoms with Crippen LogP contribution in [0.5, 0.6) is 0 Å². The number of hydrogen-bond acceptors (Lipinski definition) is 3. The van der Waals surface area contributed by atoms with Crippen LogP contribution in [0.25, 0.3) is 0 Å². The molecule has 0 radical (unpaired) electrons. The predicted molar refractivity (Wildman–Crippen MR) is 93.3 cm³/mol. The number of hydrogen-bond donors (Lipinski definition) is 0. The van der Waals surface area contributed by atoms with Crippen molar-refractivity contribution in [1.82, 2.24) is 0 Å². The fraction of sp³-hybridized carbons (Fsp3) is 0.500. The van der Waals surface area contributed by atoms with Crippen molar-refractivity contribution >= 4 is 14.3 Å². The zero-order valence-electron chi connectivity index (χ0n) is 14.9. The normalized spacial score (nSPS) is 14.5. The number of carbonyl (C=O) groups excluding carboxylic acids is 1. The first-order chi connectivity index (χ1) is 10.6. The van der Waals surface area contributed by atoms with Crippen molar-refractivity contribution in [2.75, 3.05) is 6.61 Å². The summed E-state index contributed by atoms with van der Waals surface area (Å²) >= 11 is 0. The van der Waals surface area contributed by atoms with Gasteiger partial charge in [0.15, 0.2) is 8.32 Å². The van der Waals surface area contributed by atoms with Gasteiger partial charge < -0.3 is 9.16 Å². The fourth-order valence-electron chi connectivity index (χ4n) is 1.74. The van der Waals surface area contributed by atoms with Gasteiger partial charge in [0.2, 0.25) is 5.83 Å². The molecule has 1 aromatic rings. The molecule has 1 aromatic carbocycles. The molecular weight excluding hydrogens is 311 g/mol. The summed E-state index contributed by atoms with van der Waals surface area (Å²) in [6.45, 7) is 12.3. The topological polar surface area (TPSA) is 35.5 Å². The third-order valence-electron chi connectivity index (χ3n) is 4.12. The summed E-state index contributed by atoms with van der Waals surface area (Å²) in [6, 6.07) is 9.36. The van der Waals surface area contributed by atoms with Gasteiger partial charge in [-0.2, -0.15) is 4.39 Å². The van der Waals surface area contributed by atoms with Gasteiger partial charge in [-0.3, -0.25) is 0 Å². The number of esters is 1. The lowest BCUT2D eigenvalue weighted by atomic mass is 10.1. The lowest BCUT2D eigenvalue weighted by molar-refractivity contribution is -0.140. The van der Waals surface area contributed by atoms with Gasteiger partial charge in [-0.05, 0) is 36.7 Å².